The van der Waals surface area contributed by atoms with Gasteiger partial charge in [0.2, 0.25) is 0 Å². The normalized spacial score (nSPS) is 29.1. The maximum absolute atomic E-state index is 12.2. The molecule has 0 bridgehead atoms. The van der Waals surface area contributed by atoms with Gasteiger partial charge in [-0.1, -0.05) is 24.6 Å². The molecule has 2 atom stereocenters. The molecular weight excluding hydrogens is 217 g/mol. The predicted octanol–water partition coefficient (Wildman–Crippen LogP) is 3.79. The summed E-state index contributed by atoms with van der Waals surface area (Å²) in [6.45, 7) is 3.76. The SMILES string of the molecule is CC(C)(CSS)C1CC1C(F)(F)F. The molecule has 0 spiro atoms. The van der Waals surface area contributed by atoms with Crippen molar-refractivity contribution in [2.24, 2.45) is 17.3 Å². The van der Waals surface area contributed by atoms with E-state index in [1.54, 1.807) is 0 Å². The molecule has 1 saturated carbocycles. The summed E-state index contributed by atoms with van der Waals surface area (Å²) in [5.41, 5.74) is -0.243. The number of rotatable bonds is 3. The zero-order chi connectivity index (χ0) is 10.3. The molecular formula is C8H13F3S2. The summed E-state index contributed by atoms with van der Waals surface area (Å²) in [5, 5.41) is 0. The largest absolute Gasteiger partial charge is 0.392 e. The lowest BCUT2D eigenvalue weighted by Crippen LogP contribution is -2.22. The van der Waals surface area contributed by atoms with Crippen molar-refractivity contribution in [3.63, 3.8) is 0 Å². The van der Waals surface area contributed by atoms with Crippen molar-refractivity contribution < 1.29 is 13.2 Å². The highest BCUT2D eigenvalue weighted by Crippen LogP contribution is 2.58. The van der Waals surface area contributed by atoms with Gasteiger partial charge >= 0.3 is 6.18 Å². The standard InChI is InChI=1S/C8H13F3S2/c1-7(2,4-13-12)5-3-6(5)8(9,10)11/h5-6,12H,3-4H2,1-2H3. The van der Waals surface area contributed by atoms with Gasteiger partial charge in [0.05, 0.1) is 5.92 Å². The van der Waals surface area contributed by atoms with Crippen LogP contribution in [0, 0.1) is 17.3 Å². The molecule has 0 radical (unpaired) electrons. The number of hydrogen-bond donors (Lipinski definition) is 1. The molecule has 0 heterocycles. The first kappa shape index (κ1) is 11.6. The molecule has 1 aliphatic carbocycles. The van der Waals surface area contributed by atoms with Crippen molar-refractivity contribution in [3.8, 4) is 0 Å². The first-order valence-corrected chi connectivity index (χ1v) is 6.16. The Morgan fingerprint density at radius 1 is 1.31 bits per heavy atom. The minimum absolute atomic E-state index is 0.202. The molecule has 1 fully saturated rings. The number of hydrogen-bond acceptors (Lipinski definition) is 2. The van der Waals surface area contributed by atoms with Gasteiger partial charge in [-0.2, -0.15) is 13.2 Å². The zero-order valence-electron chi connectivity index (χ0n) is 7.56. The maximum Gasteiger partial charge on any atom is 0.392 e. The number of alkyl halides is 3. The summed E-state index contributed by atoms with van der Waals surface area (Å²) in [6, 6.07) is 0. The predicted molar refractivity (Wildman–Crippen MR) is 52.9 cm³/mol. The Hall–Kier alpha value is 0.490. The van der Waals surface area contributed by atoms with E-state index >= 15 is 0 Å². The molecule has 0 N–H and O–H groups in total. The molecule has 2 unspecified atom stereocenters. The van der Waals surface area contributed by atoms with Crippen molar-refractivity contribution in [1.82, 2.24) is 0 Å². The van der Waals surface area contributed by atoms with E-state index in [1.807, 2.05) is 13.8 Å². The van der Waals surface area contributed by atoms with Gasteiger partial charge in [-0.05, 0) is 17.8 Å². The van der Waals surface area contributed by atoms with Gasteiger partial charge < -0.3 is 0 Å². The van der Waals surface area contributed by atoms with E-state index in [1.165, 1.54) is 10.8 Å². The summed E-state index contributed by atoms with van der Waals surface area (Å²) >= 11 is 3.97. The van der Waals surface area contributed by atoms with E-state index in [0.717, 1.165) is 0 Å². The molecule has 0 amide bonds. The highest BCUT2D eigenvalue weighted by Gasteiger charge is 2.60. The fourth-order valence-corrected chi connectivity index (χ4v) is 3.24. The van der Waals surface area contributed by atoms with Gasteiger partial charge in [-0.15, -0.1) is 11.7 Å². The van der Waals surface area contributed by atoms with E-state index in [0.29, 0.717) is 12.2 Å². The van der Waals surface area contributed by atoms with Crippen molar-refractivity contribution in [2.45, 2.75) is 26.4 Å². The molecule has 1 rings (SSSR count). The van der Waals surface area contributed by atoms with Crippen LogP contribution in [0.25, 0.3) is 0 Å². The van der Waals surface area contributed by atoms with Crippen LogP contribution in [0.3, 0.4) is 0 Å². The lowest BCUT2D eigenvalue weighted by molar-refractivity contribution is -0.153. The molecule has 0 aromatic heterocycles. The Balaban J connectivity index is 2.50. The van der Waals surface area contributed by atoms with Gasteiger partial charge in [0, 0.05) is 5.75 Å². The lowest BCUT2D eigenvalue weighted by Gasteiger charge is -2.23. The quantitative estimate of drug-likeness (QED) is 0.568. The third kappa shape index (κ3) is 2.72. The minimum atomic E-state index is -4.00. The Bertz CT molecular complexity index is 188. The summed E-state index contributed by atoms with van der Waals surface area (Å²) in [5.74, 6) is -0.594. The van der Waals surface area contributed by atoms with Crippen LogP contribution in [0.5, 0.6) is 0 Å². The van der Waals surface area contributed by atoms with E-state index in [2.05, 4.69) is 11.7 Å². The van der Waals surface area contributed by atoms with Crippen molar-refractivity contribution in [3.05, 3.63) is 0 Å². The van der Waals surface area contributed by atoms with Crippen molar-refractivity contribution >= 4 is 22.5 Å². The molecule has 0 aliphatic heterocycles. The van der Waals surface area contributed by atoms with Gasteiger partial charge in [0.1, 0.15) is 0 Å². The van der Waals surface area contributed by atoms with E-state index in [9.17, 15) is 13.2 Å². The van der Waals surface area contributed by atoms with E-state index in [4.69, 9.17) is 0 Å². The average molecular weight is 230 g/mol. The van der Waals surface area contributed by atoms with Gasteiger partial charge in [-0.3, -0.25) is 0 Å². The molecule has 5 heteroatoms. The van der Waals surface area contributed by atoms with Crippen LogP contribution in [-0.2, 0) is 0 Å². The van der Waals surface area contributed by atoms with Gasteiger partial charge in [-0.25, -0.2) is 0 Å². The second-order valence-corrected chi connectivity index (χ2v) is 5.57. The Morgan fingerprint density at radius 3 is 2.15 bits per heavy atom. The fourth-order valence-electron chi connectivity index (χ4n) is 1.69. The van der Waals surface area contributed by atoms with Crippen LogP contribution in [0.15, 0.2) is 0 Å². The molecule has 0 aromatic carbocycles. The number of thiol groups is 1. The maximum atomic E-state index is 12.2. The Morgan fingerprint density at radius 2 is 1.85 bits per heavy atom. The molecule has 0 aromatic rings. The lowest BCUT2D eigenvalue weighted by atomic mass is 9.88. The summed E-state index contributed by atoms with van der Waals surface area (Å²) < 4.78 is 36.7. The Labute approximate surface area is 85.5 Å². The first-order chi connectivity index (χ1) is 5.79. The van der Waals surface area contributed by atoms with E-state index in [-0.39, 0.29) is 11.3 Å². The third-order valence-electron chi connectivity index (χ3n) is 2.65. The summed E-state index contributed by atoms with van der Waals surface area (Å²) in [4.78, 5) is 0. The molecule has 0 nitrogen and oxygen atoms in total. The molecule has 13 heavy (non-hydrogen) atoms. The molecule has 0 saturated heterocycles. The van der Waals surface area contributed by atoms with Crippen LogP contribution in [0.1, 0.15) is 20.3 Å². The molecule has 1 aliphatic rings. The van der Waals surface area contributed by atoms with Crippen LogP contribution in [0.4, 0.5) is 13.2 Å². The minimum Gasteiger partial charge on any atom is -0.171 e. The number of halogens is 3. The van der Waals surface area contributed by atoms with Crippen LogP contribution in [-0.4, -0.2) is 11.9 Å². The summed E-state index contributed by atoms with van der Waals surface area (Å²) in [6.07, 6.45) is -3.70. The molecule has 78 valence electrons. The Kier molecular flexibility index (Phi) is 3.18. The zero-order valence-corrected chi connectivity index (χ0v) is 9.27. The highest BCUT2D eigenvalue weighted by atomic mass is 33.1. The van der Waals surface area contributed by atoms with Crippen molar-refractivity contribution in [1.29, 1.82) is 0 Å². The van der Waals surface area contributed by atoms with Crippen molar-refractivity contribution in [2.75, 3.05) is 5.75 Å². The average Bonchev–Trinajstić information content (AvgIpc) is 2.60. The summed E-state index contributed by atoms with van der Waals surface area (Å²) in [7, 11) is 1.32. The third-order valence-corrected chi connectivity index (χ3v) is 3.91. The van der Waals surface area contributed by atoms with Crippen LogP contribution in [0.2, 0.25) is 0 Å². The van der Waals surface area contributed by atoms with Gasteiger partial charge in [0.15, 0.2) is 0 Å². The topological polar surface area (TPSA) is 0 Å². The smallest absolute Gasteiger partial charge is 0.171 e. The second kappa shape index (κ2) is 3.57. The highest BCUT2D eigenvalue weighted by molar-refractivity contribution is 8.68. The first-order valence-electron chi connectivity index (χ1n) is 4.12. The van der Waals surface area contributed by atoms with E-state index < -0.39 is 12.1 Å². The van der Waals surface area contributed by atoms with Gasteiger partial charge in [0.25, 0.3) is 0 Å². The van der Waals surface area contributed by atoms with Crippen LogP contribution < -0.4 is 0 Å². The monoisotopic (exact) mass is 230 g/mol. The van der Waals surface area contributed by atoms with Crippen LogP contribution >= 0.6 is 22.5 Å². The fraction of sp³-hybridized carbons (Fsp3) is 1.00. The second-order valence-electron chi connectivity index (χ2n) is 4.25.